The highest BCUT2D eigenvalue weighted by Gasteiger charge is 2.21. The molecule has 1 fully saturated rings. The van der Waals surface area contributed by atoms with Gasteiger partial charge < -0.3 is 19.9 Å². The molecule has 5 rings (SSSR count). The largest absolute Gasteiger partial charge is 0.378 e. The standard InChI is InChI=1S/C23H27N5O3S2/c29-20(25-13-15-4-5-19(24-12-15)28-7-9-31-10-8-28)6-11-32-14-18-26-22(30)21-16-2-1-3-17(16)33-23(21)27-18/h4-5,12H,1-3,6-11,13-14H2,(H,25,29)(H,26,27,30). The van der Waals surface area contributed by atoms with Crippen LogP contribution >= 0.6 is 23.1 Å². The fraction of sp³-hybridized carbons (Fsp3) is 0.478. The predicted octanol–water partition coefficient (Wildman–Crippen LogP) is 2.64. The Morgan fingerprint density at radius 2 is 2.15 bits per heavy atom. The number of hydrogen-bond acceptors (Lipinski definition) is 8. The van der Waals surface area contributed by atoms with E-state index in [1.54, 1.807) is 23.1 Å². The number of carbonyl (C=O) groups is 1. The van der Waals surface area contributed by atoms with Gasteiger partial charge >= 0.3 is 0 Å². The van der Waals surface area contributed by atoms with Gasteiger partial charge in [-0.2, -0.15) is 11.8 Å². The minimum absolute atomic E-state index is 0.00587. The van der Waals surface area contributed by atoms with Gasteiger partial charge in [0.1, 0.15) is 16.5 Å². The zero-order chi connectivity index (χ0) is 22.6. The van der Waals surface area contributed by atoms with Crippen molar-refractivity contribution in [1.29, 1.82) is 0 Å². The molecular formula is C23H27N5O3S2. The second kappa shape index (κ2) is 10.2. The Kier molecular flexibility index (Phi) is 6.93. The fourth-order valence-electron chi connectivity index (χ4n) is 4.24. The number of H-pyrrole nitrogens is 1. The van der Waals surface area contributed by atoms with Crippen LogP contribution in [-0.2, 0) is 34.7 Å². The summed E-state index contributed by atoms with van der Waals surface area (Å²) < 4.78 is 5.37. The number of aromatic nitrogens is 3. The number of amides is 1. The Morgan fingerprint density at radius 3 is 2.97 bits per heavy atom. The van der Waals surface area contributed by atoms with Crippen LogP contribution in [0.4, 0.5) is 5.82 Å². The highest BCUT2D eigenvalue weighted by Crippen LogP contribution is 2.34. The highest BCUT2D eigenvalue weighted by atomic mass is 32.2. The van der Waals surface area contributed by atoms with Crippen LogP contribution in [0.15, 0.2) is 23.1 Å². The number of hydrogen-bond donors (Lipinski definition) is 2. The first-order chi connectivity index (χ1) is 16.2. The smallest absolute Gasteiger partial charge is 0.259 e. The van der Waals surface area contributed by atoms with Gasteiger partial charge in [0.2, 0.25) is 5.91 Å². The van der Waals surface area contributed by atoms with Gasteiger partial charge in [0, 0.05) is 42.9 Å². The molecule has 0 aromatic carbocycles. The molecule has 0 bridgehead atoms. The molecule has 1 aliphatic heterocycles. The summed E-state index contributed by atoms with van der Waals surface area (Å²) in [7, 11) is 0. The van der Waals surface area contributed by atoms with E-state index in [0.29, 0.717) is 30.3 Å². The zero-order valence-electron chi connectivity index (χ0n) is 18.4. The third-order valence-electron chi connectivity index (χ3n) is 5.97. The number of pyridine rings is 1. The van der Waals surface area contributed by atoms with E-state index in [-0.39, 0.29) is 11.5 Å². The van der Waals surface area contributed by atoms with Crippen molar-refractivity contribution in [3.8, 4) is 0 Å². The van der Waals surface area contributed by atoms with Crippen molar-refractivity contribution in [2.75, 3.05) is 37.0 Å². The lowest BCUT2D eigenvalue weighted by Crippen LogP contribution is -2.36. The average Bonchev–Trinajstić information content (AvgIpc) is 3.42. The van der Waals surface area contributed by atoms with E-state index in [9.17, 15) is 9.59 Å². The van der Waals surface area contributed by atoms with Crippen LogP contribution in [0.2, 0.25) is 0 Å². The summed E-state index contributed by atoms with van der Waals surface area (Å²) in [5.74, 6) is 2.90. The summed E-state index contributed by atoms with van der Waals surface area (Å²) in [4.78, 5) is 41.2. The van der Waals surface area contributed by atoms with Crippen molar-refractivity contribution in [1.82, 2.24) is 20.3 Å². The quantitative estimate of drug-likeness (QED) is 0.473. The van der Waals surface area contributed by atoms with Crippen LogP contribution in [0.5, 0.6) is 0 Å². The zero-order valence-corrected chi connectivity index (χ0v) is 20.0. The molecule has 0 saturated carbocycles. The summed E-state index contributed by atoms with van der Waals surface area (Å²) >= 11 is 3.26. The van der Waals surface area contributed by atoms with Crippen molar-refractivity contribution >= 4 is 45.0 Å². The van der Waals surface area contributed by atoms with E-state index in [1.165, 1.54) is 10.4 Å². The first kappa shape index (κ1) is 22.4. The SMILES string of the molecule is O=C(CCSCc1nc2sc3c(c2c(=O)[nH]1)CCC3)NCc1ccc(N2CCOCC2)nc1. The number of nitrogens with zero attached hydrogens (tertiary/aromatic N) is 3. The molecule has 1 aliphatic carbocycles. The number of aryl methyl sites for hydroxylation is 2. The molecule has 0 spiro atoms. The maximum Gasteiger partial charge on any atom is 0.259 e. The summed E-state index contributed by atoms with van der Waals surface area (Å²) in [5.41, 5.74) is 2.15. The lowest BCUT2D eigenvalue weighted by atomic mass is 10.2. The Hall–Kier alpha value is -2.43. The van der Waals surface area contributed by atoms with E-state index < -0.39 is 0 Å². The molecule has 1 amide bonds. The number of thiophene rings is 1. The Balaban J connectivity index is 1.05. The number of thioether (sulfide) groups is 1. The molecule has 0 radical (unpaired) electrons. The van der Waals surface area contributed by atoms with Crippen LogP contribution in [0, 0.1) is 0 Å². The van der Waals surface area contributed by atoms with E-state index in [2.05, 4.69) is 25.2 Å². The van der Waals surface area contributed by atoms with Crippen LogP contribution in [0.3, 0.4) is 0 Å². The first-order valence-corrected chi connectivity index (χ1v) is 13.3. The minimum atomic E-state index is -0.0269. The molecule has 3 aromatic heterocycles. The maximum absolute atomic E-state index is 12.5. The molecule has 3 aromatic rings. The molecule has 4 heterocycles. The number of anilines is 1. The van der Waals surface area contributed by atoms with Gasteiger partial charge in [-0.25, -0.2) is 9.97 Å². The van der Waals surface area contributed by atoms with Crippen molar-refractivity contribution in [3.05, 3.63) is 50.5 Å². The van der Waals surface area contributed by atoms with Crippen molar-refractivity contribution in [3.63, 3.8) is 0 Å². The normalized spacial score (nSPS) is 15.7. The molecular weight excluding hydrogens is 458 g/mol. The van der Waals surface area contributed by atoms with E-state index in [0.717, 1.165) is 67.2 Å². The van der Waals surface area contributed by atoms with Crippen molar-refractivity contribution < 1.29 is 9.53 Å². The number of aromatic amines is 1. The molecule has 0 atom stereocenters. The van der Waals surface area contributed by atoms with Gasteiger partial charge in [-0.15, -0.1) is 11.3 Å². The van der Waals surface area contributed by atoms with Gasteiger partial charge in [-0.1, -0.05) is 6.07 Å². The Labute approximate surface area is 200 Å². The lowest BCUT2D eigenvalue weighted by molar-refractivity contribution is -0.120. The number of ether oxygens (including phenoxy) is 1. The van der Waals surface area contributed by atoms with Gasteiger partial charge in [-0.05, 0) is 36.5 Å². The third-order valence-corrected chi connectivity index (χ3v) is 8.13. The number of rotatable bonds is 8. The Morgan fingerprint density at radius 1 is 1.27 bits per heavy atom. The predicted molar refractivity (Wildman–Crippen MR) is 132 cm³/mol. The van der Waals surface area contributed by atoms with Gasteiger partial charge in [0.15, 0.2) is 0 Å². The summed E-state index contributed by atoms with van der Waals surface area (Å²) in [6, 6.07) is 4.00. The molecule has 174 valence electrons. The topological polar surface area (TPSA) is 100 Å². The molecule has 10 heteroatoms. The second-order valence-electron chi connectivity index (χ2n) is 8.25. The number of fused-ring (bicyclic) bond motifs is 3. The maximum atomic E-state index is 12.5. The molecule has 1 saturated heterocycles. The third kappa shape index (κ3) is 5.23. The summed E-state index contributed by atoms with van der Waals surface area (Å²) in [5, 5.41) is 3.74. The van der Waals surface area contributed by atoms with Crippen molar-refractivity contribution in [2.24, 2.45) is 0 Å². The summed E-state index contributed by atoms with van der Waals surface area (Å²) in [6.45, 7) is 3.64. The van der Waals surface area contributed by atoms with E-state index in [1.807, 2.05) is 18.3 Å². The van der Waals surface area contributed by atoms with Gasteiger partial charge in [0.05, 0.1) is 24.4 Å². The molecule has 2 aliphatic rings. The highest BCUT2D eigenvalue weighted by molar-refractivity contribution is 7.98. The monoisotopic (exact) mass is 485 g/mol. The fourth-order valence-corrected chi connectivity index (χ4v) is 6.32. The van der Waals surface area contributed by atoms with Crippen LogP contribution in [0.1, 0.15) is 34.7 Å². The van der Waals surface area contributed by atoms with Crippen molar-refractivity contribution in [2.45, 2.75) is 38.0 Å². The second-order valence-corrected chi connectivity index (χ2v) is 10.4. The van der Waals surface area contributed by atoms with E-state index in [4.69, 9.17) is 4.74 Å². The summed E-state index contributed by atoms with van der Waals surface area (Å²) in [6.07, 6.45) is 5.41. The number of nitrogens with one attached hydrogen (secondary N) is 2. The molecule has 2 N–H and O–H groups in total. The number of morpholine rings is 1. The molecule has 8 nitrogen and oxygen atoms in total. The van der Waals surface area contributed by atoms with Crippen LogP contribution in [0.25, 0.3) is 10.2 Å². The first-order valence-electron chi connectivity index (χ1n) is 11.3. The molecule has 33 heavy (non-hydrogen) atoms. The Bertz CT molecular complexity index is 1190. The van der Waals surface area contributed by atoms with Gasteiger partial charge in [0.25, 0.3) is 5.56 Å². The molecule has 0 unspecified atom stereocenters. The van der Waals surface area contributed by atoms with Gasteiger partial charge in [-0.3, -0.25) is 9.59 Å². The van der Waals surface area contributed by atoms with Crippen LogP contribution < -0.4 is 15.8 Å². The van der Waals surface area contributed by atoms with Crippen LogP contribution in [-0.4, -0.2) is 52.9 Å². The lowest BCUT2D eigenvalue weighted by Gasteiger charge is -2.27. The van der Waals surface area contributed by atoms with E-state index >= 15 is 0 Å². The average molecular weight is 486 g/mol. The number of carbonyl (C=O) groups excluding carboxylic acids is 1. The minimum Gasteiger partial charge on any atom is -0.378 e.